The first-order valence-corrected chi connectivity index (χ1v) is 13.4. The number of hydrogen-bond acceptors (Lipinski definition) is 4. The molecule has 0 unspecified atom stereocenters. The third-order valence-corrected chi connectivity index (χ3v) is 7.21. The molecule has 5 rings (SSSR count). The number of hydrogen-bond donors (Lipinski definition) is 2. The molecule has 0 fully saturated rings. The minimum atomic E-state index is -0.0133. The van der Waals surface area contributed by atoms with Crippen LogP contribution in [0.25, 0.3) is 27.6 Å². The molecule has 5 aromatic rings. The van der Waals surface area contributed by atoms with Crippen molar-refractivity contribution in [1.29, 1.82) is 0 Å². The lowest BCUT2D eigenvalue weighted by Gasteiger charge is -2.15. The number of rotatable bonds is 8. The van der Waals surface area contributed by atoms with E-state index >= 15 is 0 Å². The van der Waals surface area contributed by atoms with E-state index in [1.807, 2.05) is 32.0 Å². The zero-order valence-corrected chi connectivity index (χ0v) is 23.6. The van der Waals surface area contributed by atoms with E-state index in [4.69, 9.17) is 9.72 Å². The van der Waals surface area contributed by atoms with Crippen LogP contribution in [0.3, 0.4) is 0 Å². The molecule has 1 amide bonds. The minimum Gasteiger partial charge on any atom is -0.496 e. The second-order valence-electron chi connectivity index (χ2n) is 10.4. The Hall–Kier alpha value is -4.32. The molecule has 0 radical (unpaired) electrons. The summed E-state index contributed by atoms with van der Waals surface area (Å²) in [5.74, 6) is 0.787. The first-order valence-electron chi connectivity index (χ1n) is 13.4. The lowest BCUT2D eigenvalue weighted by Crippen LogP contribution is -2.30. The Kier molecular flexibility index (Phi) is 7.29. The van der Waals surface area contributed by atoms with E-state index in [1.165, 1.54) is 22.4 Å². The maximum absolute atomic E-state index is 12.6. The summed E-state index contributed by atoms with van der Waals surface area (Å²) in [4.78, 5) is 17.6. The van der Waals surface area contributed by atoms with Crippen LogP contribution in [0.15, 0.2) is 60.7 Å². The molecule has 200 valence electrons. The fourth-order valence-corrected chi connectivity index (χ4v) is 5.59. The number of benzene rings is 3. The van der Waals surface area contributed by atoms with Gasteiger partial charge < -0.3 is 15.4 Å². The van der Waals surface area contributed by atoms with Gasteiger partial charge in [-0.05, 0) is 75.1 Å². The summed E-state index contributed by atoms with van der Waals surface area (Å²) in [5, 5.41) is 8.87. The van der Waals surface area contributed by atoms with E-state index in [0.29, 0.717) is 19.5 Å². The van der Waals surface area contributed by atoms with Crippen molar-refractivity contribution < 1.29 is 9.53 Å². The summed E-state index contributed by atoms with van der Waals surface area (Å²) in [7, 11) is 1.65. The van der Waals surface area contributed by atoms with Crippen molar-refractivity contribution in [1.82, 2.24) is 14.9 Å². The molecule has 3 aromatic carbocycles. The van der Waals surface area contributed by atoms with Gasteiger partial charge in [0.25, 0.3) is 0 Å². The summed E-state index contributed by atoms with van der Waals surface area (Å²) in [6.07, 6.45) is 0.317. The van der Waals surface area contributed by atoms with Crippen molar-refractivity contribution in [3.8, 4) is 11.4 Å². The molecule has 0 aliphatic rings. The molecule has 0 aliphatic heterocycles. The van der Waals surface area contributed by atoms with E-state index < -0.39 is 0 Å². The fourth-order valence-electron chi connectivity index (χ4n) is 5.59. The van der Waals surface area contributed by atoms with Crippen LogP contribution in [0.2, 0.25) is 0 Å². The highest BCUT2D eigenvalue weighted by Gasteiger charge is 2.19. The van der Waals surface area contributed by atoms with Gasteiger partial charge in [0.1, 0.15) is 11.4 Å². The van der Waals surface area contributed by atoms with E-state index in [2.05, 4.69) is 78.4 Å². The second kappa shape index (κ2) is 10.8. The average Bonchev–Trinajstić information content (AvgIpc) is 3.21. The van der Waals surface area contributed by atoms with Crippen LogP contribution >= 0.6 is 0 Å². The quantitative estimate of drug-likeness (QED) is 0.229. The molecule has 0 atom stereocenters. The Morgan fingerprint density at radius 1 is 0.897 bits per heavy atom. The molecule has 0 saturated heterocycles. The lowest BCUT2D eigenvalue weighted by atomic mass is 10.0. The largest absolute Gasteiger partial charge is 0.496 e. The SMILES string of the molecule is COc1cc(CC(=O)NCCNc2cc(C)nc3c2c2ccccc2n3-c2c(C)cc(C)cc2C)ccc1C. The van der Waals surface area contributed by atoms with Crippen LogP contribution in [-0.4, -0.2) is 35.7 Å². The monoisotopic (exact) mass is 520 g/mol. The van der Waals surface area contributed by atoms with Crippen molar-refractivity contribution in [2.75, 3.05) is 25.5 Å². The number of nitrogens with one attached hydrogen (secondary N) is 2. The molecule has 2 aromatic heterocycles. The molecule has 0 saturated carbocycles. The predicted molar refractivity (Wildman–Crippen MR) is 160 cm³/mol. The molecule has 6 heteroatoms. The highest BCUT2D eigenvalue weighted by atomic mass is 16.5. The number of carbonyl (C=O) groups excluding carboxylic acids is 1. The Morgan fingerprint density at radius 2 is 1.64 bits per heavy atom. The van der Waals surface area contributed by atoms with Crippen LogP contribution in [0.1, 0.15) is 33.5 Å². The van der Waals surface area contributed by atoms with Crippen molar-refractivity contribution in [2.24, 2.45) is 0 Å². The van der Waals surface area contributed by atoms with Gasteiger partial charge >= 0.3 is 0 Å². The normalized spacial score (nSPS) is 11.2. The maximum Gasteiger partial charge on any atom is 0.224 e. The predicted octanol–water partition coefficient (Wildman–Crippen LogP) is 6.50. The number of aryl methyl sites for hydroxylation is 5. The van der Waals surface area contributed by atoms with Gasteiger partial charge in [-0.1, -0.05) is 48.0 Å². The molecule has 6 nitrogen and oxygen atoms in total. The maximum atomic E-state index is 12.6. The van der Waals surface area contributed by atoms with Crippen molar-refractivity contribution in [3.05, 3.63) is 94.2 Å². The molecular weight excluding hydrogens is 484 g/mol. The van der Waals surface area contributed by atoms with Gasteiger partial charge in [0.2, 0.25) is 5.91 Å². The van der Waals surface area contributed by atoms with Gasteiger partial charge in [-0.2, -0.15) is 0 Å². The second-order valence-corrected chi connectivity index (χ2v) is 10.4. The lowest BCUT2D eigenvalue weighted by molar-refractivity contribution is -0.120. The summed E-state index contributed by atoms with van der Waals surface area (Å²) >= 11 is 0. The number of anilines is 1. The van der Waals surface area contributed by atoms with Crippen LogP contribution in [0.5, 0.6) is 5.75 Å². The number of fused-ring (bicyclic) bond motifs is 3. The summed E-state index contributed by atoms with van der Waals surface area (Å²) in [6.45, 7) is 11.6. The number of aromatic nitrogens is 2. The van der Waals surface area contributed by atoms with Gasteiger partial charge in [0, 0.05) is 29.9 Å². The zero-order chi connectivity index (χ0) is 27.7. The molecule has 0 aliphatic carbocycles. The van der Waals surface area contributed by atoms with Gasteiger partial charge in [-0.25, -0.2) is 4.98 Å². The standard InChI is InChI=1S/C33H36N4O2/c1-20-15-22(3)32(23(4)16-20)37-28-10-8-7-9-26(28)31-27(17-24(5)36-33(31)37)34-13-14-35-30(38)19-25-12-11-21(2)29(18-25)39-6/h7-12,15-18H,13-14,19H2,1-6H3,(H,34,36)(H,35,38). The zero-order valence-electron chi connectivity index (χ0n) is 23.6. The number of nitrogens with zero attached hydrogens (tertiary/aromatic N) is 2. The molecular formula is C33H36N4O2. The molecule has 0 spiro atoms. The van der Waals surface area contributed by atoms with Gasteiger partial charge in [0.15, 0.2) is 0 Å². The van der Waals surface area contributed by atoms with Crippen molar-refractivity contribution in [3.63, 3.8) is 0 Å². The number of methoxy groups -OCH3 is 1. The molecule has 0 bridgehead atoms. The van der Waals surface area contributed by atoms with Crippen LogP contribution in [0, 0.1) is 34.6 Å². The number of pyridine rings is 1. The van der Waals surface area contributed by atoms with Crippen molar-refractivity contribution in [2.45, 2.75) is 41.0 Å². The van der Waals surface area contributed by atoms with E-state index in [1.54, 1.807) is 7.11 Å². The molecule has 39 heavy (non-hydrogen) atoms. The van der Waals surface area contributed by atoms with Gasteiger partial charge in [-0.3, -0.25) is 9.36 Å². The summed E-state index contributed by atoms with van der Waals surface area (Å²) < 4.78 is 7.69. The van der Waals surface area contributed by atoms with Crippen molar-refractivity contribution >= 4 is 33.5 Å². The third-order valence-electron chi connectivity index (χ3n) is 7.21. The van der Waals surface area contributed by atoms with E-state index in [0.717, 1.165) is 50.2 Å². The van der Waals surface area contributed by atoms with Gasteiger partial charge in [0.05, 0.1) is 30.1 Å². The third kappa shape index (κ3) is 5.19. The topological polar surface area (TPSA) is 68.2 Å². The van der Waals surface area contributed by atoms with Crippen LogP contribution in [0.4, 0.5) is 5.69 Å². The fraction of sp³-hybridized carbons (Fsp3) is 0.273. The smallest absolute Gasteiger partial charge is 0.224 e. The number of para-hydroxylation sites is 1. The number of carbonyl (C=O) groups is 1. The Labute approximate surface area is 230 Å². The van der Waals surface area contributed by atoms with E-state index in [-0.39, 0.29) is 5.91 Å². The average molecular weight is 521 g/mol. The summed E-state index contributed by atoms with van der Waals surface area (Å²) in [6, 6.07) is 20.9. The number of ether oxygens (including phenoxy) is 1. The first kappa shape index (κ1) is 26.3. The van der Waals surface area contributed by atoms with Crippen LogP contribution < -0.4 is 15.4 Å². The Bertz CT molecular complexity index is 1680. The highest BCUT2D eigenvalue weighted by Crippen LogP contribution is 2.37. The minimum absolute atomic E-state index is 0.0133. The first-order chi connectivity index (χ1) is 18.8. The van der Waals surface area contributed by atoms with Gasteiger partial charge in [-0.15, -0.1) is 0 Å². The Morgan fingerprint density at radius 3 is 2.38 bits per heavy atom. The summed E-state index contributed by atoms with van der Waals surface area (Å²) in [5.41, 5.74) is 10.9. The van der Waals surface area contributed by atoms with Crippen LogP contribution in [-0.2, 0) is 11.2 Å². The van der Waals surface area contributed by atoms with E-state index in [9.17, 15) is 4.79 Å². The number of amides is 1. The highest BCUT2D eigenvalue weighted by molar-refractivity contribution is 6.14. The molecule has 2 heterocycles. The molecule has 2 N–H and O–H groups in total. The Balaban J connectivity index is 1.41.